The number of allylic oxidation sites excluding steroid dienone is 4. The third-order valence-electron chi connectivity index (χ3n) is 9.27. The van der Waals surface area contributed by atoms with Crippen LogP contribution in [0, 0.1) is 0 Å². The summed E-state index contributed by atoms with van der Waals surface area (Å²) >= 11 is 0. The maximum Gasteiger partial charge on any atom is 0.222 e. The molecule has 1 amide bonds. The zero-order valence-corrected chi connectivity index (χ0v) is 30.7. The summed E-state index contributed by atoms with van der Waals surface area (Å²) in [5, 5.41) is 33.3. The van der Waals surface area contributed by atoms with E-state index in [1.54, 1.807) is 0 Å². The van der Waals surface area contributed by atoms with Crippen LogP contribution in [0.25, 0.3) is 0 Å². The van der Waals surface area contributed by atoms with Gasteiger partial charge in [-0.2, -0.15) is 0 Å². The fourth-order valence-electron chi connectivity index (χ4n) is 6.14. The van der Waals surface area contributed by atoms with E-state index in [0.29, 0.717) is 12.8 Å². The van der Waals surface area contributed by atoms with Gasteiger partial charge in [0.25, 0.3) is 0 Å². The summed E-state index contributed by atoms with van der Waals surface area (Å²) in [5.74, 6) is -0.292. The molecule has 0 saturated heterocycles. The van der Waals surface area contributed by atoms with Crippen LogP contribution >= 0.6 is 0 Å². The standard InChI is InChI=1S/C41H79NO4/c1-3-5-7-9-11-13-15-17-19-21-23-25-27-29-31-33-35-40(45)39(37-43)42-41(46)36-38(44)34-32-30-28-26-24-22-20-18-16-14-12-10-8-6-4-2/h12,14,18,20,38-40,43-45H,3-11,13,15-17,19,21-37H2,1-2H3,(H,42,46)/b14-12-,20-18-. The maximum absolute atomic E-state index is 12.4. The number of hydrogen-bond donors (Lipinski definition) is 4. The second-order valence-corrected chi connectivity index (χ2v) is 13.9. The Bertz CT molecular complexity index is 679. The molecule has 0 radical (unpaired) electrons. The van der Waals surface area contributed by atoms with Gasteiger partial charge in [-0.1, -0.05) is 179 Å². The second-order valence-electron chi connectivity index (χ2n) is 13.9. The minimum Gasteiger partial charge on any atom is -0.394 e. The Morgan fingerprint density at radius 1 is 0.543 bits per heavy atom. The zero-order chi connectivity index (χ0) is 33.8. The summed E-state index contributed by atoms with van der Waals surface area (Å²) in [5.41, 5.74) is 0. The molecule has 0 heterocycles. The van der Waals surface area contributed by atoms with E-state index in [-0.39, 0.29) is 18.9 Å². The lowest BCUT2D eigenvalue weighted by atomic mass is 10.0. The van der Waals surface area contributed by atoms with Crippen molar-refractivity contribution in [3.05, 3.63) is 24.3 Å². The number of amides is 1. The van der Waals surface area contributed by atoms with Crippen LogP contribution in [0.5, 0.6) is 0 Å². The van der Waals surface area contributed by atoms with Gasteiger partial charge in [0.05, 0.1) is 31.3 Å². The molecule has 0 aliphatic carbocycles. The molecule has 0 bridgehead atoms. The number of carbonyl (C=O) groups excluding carboxylic acids is 1. The van der Waals surface area contributed by atoms with Gasteiger partial charge < -0.3 is 20.6 Å². The predicted octanol–water partition coefficient (Wildman–Crippen LogP) is 11.0. The first kappa shape index (κ1) is 44.8. The highest BCUT2D eigenvalue weighted by Gasteiger charge is 2.21. The molecule has 0 aliphatic rings. The lowest BCUT2D eigenvalue weighted by Crippen LogP contribution is -2.46. The predicted molar refractivity (Wildman–Crippen MR) is 199 cm³/mol. The molecule has 0 fully saturated rings. The van der Waals surface area contributed by atoms with E-state index in [0.717, 1.165) is 44.9 Å². The summed E-state index contributed by atoms with van der Waals surface area (Å²) in [6.45, 7) is 4.23. The van der Waals surface area contributed by atoms with Gasteiger partial charge in [0.1, 0.15) is 0 Å². The fourth-order valence-corrected chi connectivity index (χ4v) is 6.14. The summed E-state index contributed by atoms with van der Waals surface area (Å²) in [4.78, 5) is 12.4. The summed E-state index contributed by atoms with van der Waals surface area (Å²) in [7, 11) is 0. The number of carbonyl (C=O) groups is 1. The Kier molecular flexibility index (Phi) is 35.7. The molecule has 5 nitrogen and oxygen atoms in total. The molecule has 5 heteroatoms. The zero-order valence-electron chi connectivity index (χ0n) is 30.7. The molecule has 3 atom stereocenters. The van der Waals surface area contributed by atoms with Gasteiger partial charge in [-0.15, -0.1) is 0 Å². The van der Waals surface area contributed by atoms with Crippen LogP contribution in [0.1, 0.15) is 206 Å². The number of hydrogen-bond acceptors (Lipinski definition) is 4. The molecule has 0 aromatic carbocycles. The minimum absolute atomic E-state index is 0.0279. The minimum atomic E-state index is -0.750. The molecule has 0 aromatic heterocycles. The third kappa shape index (κ3) is 32.8. The van der Waals surface area contributed by atoms with Crippen molar-refractivity contribution in [2.75, 3.05) is 6.61 Å². The van der Waals surface area contributed by atoms with E-state index in [4.69, 9.17) is 0 Å². The summed E-state index contributed by atoms with van der Waals surface area (Å²) in [6.07, 6.45) is 42.7. The van der Waals surface area contributed by atoms with Crippen molar-refractivity contribution in [3.8, 4) is 0 Å². The Hall–Kier alpha value is -1.17. The number of unbranched alkanes of at least 4 members (excludes halogenated alkanes) is 23. The molecule has 4 N–H and O–H groups in total. The third-order valence-corrected chi connectivity index (χ3v) is 9.27. The number of nitrogens with one attached hydrogen (secondary N) is 1. The normalized spacial score (nSPS) is 13.9. The monoisotopic (exact) mass is 650 g/mol. The van der Waals surface area contributed by atoms with Gasteiger partial charge in [-0.05, 0) is 44.9 Å². The van der Waals surface area contributed by atoms with Crippen molar-refractivity contribution in [2.45, 2.75) is 225 Å². The van der Waals surface area contributed by atoms with E-state index < -0.39 is 18.2 Å². The summed E-state index contributed by atoms with van der Waals surface area (Å²) < 4.78 is 0. The van der Waals surface area contributed by atoms with Crippen molar-refractivity contribution in [3.63, 3.8) is 0 Å². The van der Waals surface area contributed by atoms with Gasteiger partial charge in [-0.3, -0.25) is 4.79 Å². The molecule has 0 aliphatic heterocycles. The molecule has 0 aromatic rings. The first-order chi connectivity index (χ1) is 22.5. The number of rotatable bonds is 36. The van der Waals surface area contributed by atoms with Crippen LogP contribution < -0.4 is 5.32 Å². The van der Waals surface area contributed by atoms with E-state index >= 15 is 0 Å². The molecule has 0 rings (SSSR count). The van der Waals surface area contributed by atoms with E-state index in [2.05, 4.69) is 43.5 Å². The first-order valence-corrected chi connectivity index (χ1v) is 20.1. The largest absolute Gasteiger partial charge is 0.394 e. The topological polar surface area (TPSA) is 89.8 Å². The highest BCUT2D eigenvalue weighted by atomic mass is 16.3. The summed E-state index contributed by atoms with van der Waals surface area (Å²) in [6, 6.07) is -0.660. The van der Waals surface area contributed by atoms with E-state index in [1.165, 1.54) is 128 Å². The lowest BCUT2D eigenvalue weighted by molar-refractivity contribution is -0.125. The van der Waals surface area contributed by atoms with Crippen molar-refractivity contribution in [1.29, 1.82) is 0 Å². The fraction of sp³-hybridized carbons (Fsp3) is 0.878. The number of aliphatic hydroxyl groups excluding tert-OH is 3. The van der Waals surface area contributed by atoms with Crippen molar-refractivity contribution in [1.82, 2.24) is 5.32 Å². The molecule has 0 spiro atoms. The molecule has 3 unspecified atom stereocenters. The van der Waals surface area contributed by atoms with Crippen molar-refractivity contribution >= 4 is 5.91 Å². The van der Waals surface area contributed by atoms with Crippen molar-refractivity contribution in [2.24, 2.45) is 0 Å². The molecular formula is C41H79NO4. The van der Waals surface area contributed by atoms with Gasteiger partial charge in [0, 0.05) is 0 Å². The highest BCUT2D eigenvalue weighted by Crippen LogP contribution is 2.16. The maximum atomic E-state index is 12.4. The SMILES string of the molecule is CCCCC/C=C\C/C=C\CCCCCCCC(O)CC(=O)NC(CO)C(O)CCCCCCCCCCCCCCCCCC. The first-order valence-electron chi connectivity index (χ1n) is 20.1. The van der Waals surface area contributed by atoms with E-state index in [9.17, 15) is 20.1 Å². The average Bonchev–Trinajstić information content (AvgIpc) is 3.05. The Balaban J connectivity index is 3.67. The average molecular weight is 650 g/mol. The molecular weight excluding hydrogens is 570 g/mol. The molecule has 0 saturated carbocycles. The Labute approximate surface area is 286 Å². The highest BCUT2D eigenvalue weighted by molar-refractivity contribution is 5.76. The molecule has 272 valence electrons. The Morgan fingerprint density at radius 3 is 1.41 bits per heavy atom. The second kappa shape index (κ2) is 36.7. The van der Waals surface area contributed by atoms with Crippen LogP contribution in [0.3, 0.4) is 0 Å². The Morgan fingerprint density at radius 2 is 0.935 bits per heavy atom. The molecule has 46 heavy (non-hydrogen) atoms. The van der Waals surface area contributed by atoms with Gasteiger partial charge in [0.15, 0.2) is 0 Å². The van der Waals surface area contributed by atoms with Crippen LogP contribution in [0.15, 0.2) is 24.3 Å². The van der Waals surface area contributed by atoms with Crippen LogP contribution in [-0.2, 0) is 4.79 Å². The van der Waals surface area contributed by atoms with Gasteiger partial charge in [-0.25, -0.2) is 0 Å². The van der Waals surface area contributed by atoms with Gasteiger partial charge in [0.2, 0.25) is 5.91 Å². The van der Waals surface area contributed by atoms with Crippen LogP contribution in [-0.4, -0.2) is 46.1 Å². The smallest absolute Gasteiger partial charge is 0.222 e. The quantitative estimate of drug-likeness (QED) is 0.0401. The van der Waals surface area contributed by atoms with Crippen LogP contribution in [0.2, 0.25) is 0 Å². The lowest BCUT2D eigenvalue weighted by Gasteiger charge is -2.23. The van der Waals surface area contributed by atoms with Gasteiger partial charge >= 0.3 is 0 Å². The van der Waals surface area contributed by atoms with Crippen LogP contribution in [0.4, 0.5) is 0 Å². The van der Waals surface area contributed by atoms with Crippen molar-refractivity contribution < 1.29 is 20.1 Å². The van der Waals surface area contributed by atoms with E-state index in [1.807, 2.05) is 0 Å². The number of aliphatic hydroxyl groups is 3.